The summed E-state index contributed by atoms with van der Waals surface area (Å²) in [6.07, 6.45) is 1.70. The number of benzene rings is 1. The molecule has 1 nitrogen and oxygen atoms in total. The molecule has 0 aliphatic heterocycles. The number of hydrogen-bond donors (Lipinski definition) is 0. The molecule has 0 fully saturated rings. The second-order valence-corrected chi connectivity index (χ2v) is 3.90. The van der Waals surface area contributed by atoms with Crippen molar-refractivity contribution in [1.29, 1.82) is 0 Å². The van der Waals surface area contributed by atoms with E-state index in [4.69, 9.17) is 23.2 Å². The summed E-state index contributed by atoms with van der Waals surface area (Å²) in [6.45, 7) is -2.91. The molecular formula is C8H6Cl2F2OS. The zero-order valence-corrected chi connectivity index (χ0v) is 9.39. The predicted octanol–water partition coefficient (Wildman–Crippen LogP) is 4.32. The maximum atomic E-state index is 12.0. The van der Waals surface area contributed by atoms with Gasteiger partial charge in [0.1, 0.15) is 0 Å². The van der Waals surface area contributed by atoms with Gasteiger partial charge in [0.15, 0.2) is 5.75 Å². The van der Waals surface area contributed by atoms with Gasteiger partial charge in [-0.3, -0.25) is 0 Å². The molecule has 0 amide bonds. The Balaban J connectivity index is 3.16. The van der Waals surface area contributed by atoms with Crippen molar-refractivity contribution in [2.24, 2.45) is 0 Å². The molecule has 0 saturated heterocycles. The van der Waals surface area contributed by atoms with Crippen molar-refractivity contribution in [2.75, 3.05) is 6.26 Å². The summed E-state index contributed by atoms with van der Waals surface area (Å²) in [4.78, 5) is 0.416. The number of halogens is 4. The van der Waals surface area contributed by atoms with Crippen molar-refractivity contribution in [3.8, 4) is 5.75 Å². The van der Waals surface area contributed by atoms with E-state index in [1.54, 1.807) is 6.26 Å². The Morgan fingerprint density at radius 3 is 2.36 bits per heavy atom. The molecule has 0 aliphatic carbocycles. The van der Waals surface area contributed by atoms with Crippen LogP contribution in [0.3, 0.4) is 0 Å². The van der Waals surface area contributed by atoms with Crippen molar-refractivity contribution in [3.05, 3.63) is 22.2 Å². The summed E-state index contributed by atoms with van der Waals surface area (Å²) in [7, 11) is 0. The van der Waals surface area contributed by atoms with E-state index in [1.165, 1.54) is 23.9 Å². The van der Waals surface area contributed by atoms with Crippen molar-refractivity contribution >= 4 is 35.0 Å². The molecule has 0 spiro atoms. The third kappa shape index (κ3) is 2.65. The summed E-state index contributed by atoms with van der Waals surface area (Å²) in [5.41, 5.74) is 0. The van der Waals surface area contributed by atoms with Crippen LogP contribution in [-0.2, 0) is 0 Å². The molecular weight excluding hydrogens is 253 g/mol. The van der Waals surface area contributed by atoms with Crippen LogP contribution in [0.5, 0.6) is 5.75 Å². The van der Waals surface area contributed by atoms with Crippen molar-refractivity contribution < 1.29 is 13.5 Å². The molecule has 1 aromatic carbocycles. The topological polar surface area (TPSA) is 9.23 Å². The monoisotopic (exact) mass is 258 g/mol. The maximum absolute atomic E-state index is 12.0. The van der Waals surface area contributed by atoms with E-state index in [0.29, 0.717) is 9.92 Å². The van der Waals surface area contributed by atoms with Crippen LogP contribution in [0.2, 0.25) is 10.0 Å². The highest BCUT2D eigenvalue weighted by atomic mass is 35.5. The van der Waals surface area contributed by atoms with E-state index in [1.807, 2.05) is 0 Å². The quantitative estimate of drug-likeness (QED) is 0.747. The molecule has 78 valence electrons. The second-order valence-electron chi connectivity index (χ2n) is 2.27. The smallest absolute Gasteiger partial charge is 0.387 e. The Morgan fingerprint density at radius 1 is 1.29 bits per heavy atom. The van der Waals surface area contributed by atoms with Gasteiger partial charge in [-0.2, -0.15) is 8.78 Å². The van der Waals surface area contributed by atoms with Gasteiger partial charge in [-0.15, -0.1) is 11.8 Å². The zero-order chi connectivity index (χ0) is 10.7. The van der Waals surface area contributed by atoms with Gasteiger partial charge in [0.05, 0.1) is 14.9 Å². The van der Waals surface area contributed by atoms with Gasteiger partial charge in [-0.25, -0.2) is 0 Å². The molecule has 0 bridgehead atoms. The lowest BCUT2D eigenvalue weighted by Gasteiger charge is -2.11. The lowest BCUT2D eigenvalue weighted by Crippen LogP contribution is -2.03. The molecule has 0 aliphatic rings. The molecule has 6 heteroatoms. The molecule has 0 unspecified atom stereocenters. The largest absolute Gasteiger partial charge is 0.432 e. The highest BCUT2D eigenvalue weighted by Gasteiger charge is 2.15. The van der Waals surface area contributed by atoms with Crippen molar-refractivity contribution in [2.45, 2.75) is 11.5 Å². The van der Waals surface area contributed by atoms with E-state index < -0.39 is 6.61 Å². The molecule has 0 N–H and O–H groups in total. The van der Waals surface area contributed by atoms with E-state index in [-0.39, 0.29) is 10.8 Å². The SMILES string of the molecule is CSc1c(Cl)ccc(Cl)c1OC(F)F. The first-order chi connectivity index (χ1) is 6.56. The molecule has 0 aromatic heterocycles. The minimum absolute atomic E-state index is 0.0679. The van der Waals surface area contributed by atoms with Crippen LogP contribution >= 0.6 is 35.0 Å². The molecule has 0 atom stereocenters. The van der Waals surface area contributed by atoms with Gasteiger partial charge in [0.2, 0.25) is 0 Å². The van der Waals surface area contributed by atoms with Crippen LogP contribution in [0.1, 0.15) is 0 Å². The molecule has 0 saturated carbocycles. The highest BCUT2D eigenvalue weighted by Crippen LogP contribution is 2.40. The first kappa shape index (κ1) is 11.9. The van der Waals surface area contributed by atoms with Gasteiger partial charge in [0, 0.05) is 0 Å². The van der Waals surface area contributed by atoms with Crippen LogP contribution in [0.25, 0.3) is 0 Å². The molecule has 1 aromatic rings. The normalized spacial score (nSPS) is 10.7. The Hall–Kier alpha value is -0.190. The minimum atomic E-state index is -2.91. The fourth-order valence-electron chi connectivity index (χ4n) is 0.904. The summed E-state index contributed by atoms with van der Waals surface area (Å²) in [6, 6.07) is 2.95. The Bertz CT molecular complexity index is 333. The molecule has 1 rings (SSSR count). The summed E-state index contributed by atoms with van der Waals surface area (Å²) in [5, 5.41) is 0.469. The molecule has 14 heavy (non-hydrogen) atoms. The van der Waals surface area contributed by atoms with E-state index in [9.17, 15) is 8.78 Å². The first-order valence-electron chi connectivity index (χ1n) is 3.53. The lowest BCUT2D eigenvalue weighted by molar-refractivity contribution is -0.0515. The van der Waals surface area contributed by atoms with Gasteiger partial charge in [-0.1, -0.05) is 23.2 Å². The third-order valence-corrected chi connectivity index (χ3v) is 2.97. The predicted molar refractivity (Wildman–Crippen MR) is 54.9 cm³/mol. The Kier molecular flexibility index (Phi) is 4.29. The third-order valence-electron chi connectivity index (χ3n) is 1.43. The summed E-state index contributed by atoms with van der Waals surface area (Å²) in [5.74, 6) is -0.0679. The Labute approximate surface area is 94.3 Å². The number of ether oxygens (including phenoxy) is 1. The van der Waals surface area contributed by atoms with Gasteiger partial charge in [0.25, 0.3) is 0 Å². The average molecular weight is 259 g/mol. The van der Waals surface area contributed by atoms with Crippen LogP contribution < -0.4 is 4.74 Å². The van der Waals surface area contributed by atoms with E-state index in [2.05, 4.69) is 4.74 Å². The summed E-state index contributed by atoms with van der Waals surface area (Å²) < 4.78 is 28.3. The first-order valence-corrected chi connectivity index (χ1v) is 5.51. The van der Waals surface area contributed by atoms with Crippen molar-refractivity contribution in [1.82, 2.24) is 0 Å². The molecule has 0 heterocycles. The van der Waals surface area contributed by atoms with Gasteiger partial charge in [-0.05, 0) is 18.4 Å². The second kappa shape index (κ2) is 5.05. The molecule has 0 radical (unpaired) electrons. The fourth-order valence-corrected chi connectivity index (χ4v) is 2.15. The van der Waals surface area contributed by atoms with Crippen LogP contribution in [0.15, 0.2) is 17.0 Å². The number of hydrogen-bond acceptors (Lipinski definition) is 2. The van der Waals surface area contributed by atoms with Crippen LogP contribution in [0.4, 0.5) is 8.78 Å². The number of thioether (sulfide) groups is 1. The minimum Gasteiger partial charge on any atom is -0.432 e. The van der Waals surface area contributed by atoms with E-state index >= 15 is 0 Å². The lowest BCUT2D eigenvalue weighted by atomic mass is 10.3. The average Bonchev–Trinajstić information content (AvgIpc) is 2.11. The maximum Gasteiger partial charge on any atom is 0.387 e. The van der Waals surface area contributed by atoms with Crippen molar-refractivity contribution in [3.63, 3.8) is 0 Å². The zero-order valence-electron chi connectivity index (χ0n) is 7.06. The summed E-state index contributed by atoms with van der Waals surface area (Å²) >= 11 is 12.7. The Morgan fingerprint density at radius 2 is 1.86 bits per heavy atom. The van der Waals surface area contributed by atoms with E-state index in [0.717, 1.165) is 0 Å². The van der Waals surface area contributed by atoms with Gasteiger partial charge >= 0.3 is 6.61 Å². The van der Waals surface area contributed by atoms with Crippen LogP contribution in [0, 0.1) is 0 Å². The number of alkyl halides is 2. The van der Waals surface area contributed by atoms with Gasteiger partial charge < -0.3 is 4.74 Å². The number of rotatable bonds is 3. The standard InChI is InChI=1S/C8H6Cl2F2OS/c1-14-7-5(10)3-2-4(9)6(7)13-8(11)12/h2-3,8H,1H3. The fraction of sp³-hybridized carbons (Fsp3) is 0.250. The highest BCUT2D eigenvalue weighted by molar-refractivity contribution is 7.98. The van der Waals surface area contributed by atoms with Crippen LogP contribution in [-0.4, -0.2) is 12.9 Å².